The van der Waals surface area contributed by atoms with Crippen molar-refractivity contribution < 1.29 is 19.2 Å². The van der Waals surface area contributed by atoms with Crippen LogP contribution in [0, 0.1) is 10.1 Å². The Labute approximate surface area is 185 Å². The lowest BCUT2D eigenvalue weighted by molar-refractivity contribution is -0.385. The van der Waals surface area contributed by atoms with Crippen LogP contribution >= 0.6 is 0 Å². The molecule has 0 fully saturated rings. The van der Waals surface area contributed by atoms with Gasteiger partial charge in [-0.25, -0.2) is 4.98 Å². The van der Waals surface area contributed by atoms with Gasteiger partial charge in [0.15, 0.2) is 11.5 Å². The van der Waals surface area contributed by atoms with E-state index in [-0.39, 0.29) is 22.7 Å². The lowest BCUT2D eigenvalue weighted by atomic mass is 10.1. The van der Waals surface area contributed by atoms with E-state index in [2.05, 4.69) is 14.9 Å². The number of anilines is 1. The largest absolute Gasteiger partial charge is 0.493 e. The molecule has 32 heavy (non-hydrogen) atoms. The van der Waals surface area contributed by atoms with Gasteiger partial charge in [0.25, 0.3) is 11.6 Å². The lowest BCUT2D eigenvalue weighted by Crippen LogP contribution is -2.14. The molecule has 1 N–H and O–H groups in total. The Balaban J connectivity index is 1.58. The molecule has 1 amide bonds. The van der Waals surface area contributed by atoms with Crippen molar-refractivity contribution in [3.05, 3.63) is 64.0 Å². The Hall–Kier alpha value is -3.88. The third-order valence-electron chi connectivity index (χ3n) is 5.43. The molecule has 166 valence electrons. The van der Waals surface area contributed by atoms with Gasteiger partial charge in [0.05, 0.1) is 24.7 Å². The maximum absolute atomic E-state index is 12.9. The highest BCUT2D eigenvalue weighted by molar-refractivity contribution is 6.07. The maximum atomic E-state index is 12.9. The minimum Gasteiger partial charge on any atom is -0.493 e. The molecule has 1 aliphatic rings. The number of hydrogen-bond acceptors (Lipinski definition) is 6. The third kappa shape index (κ3) is 4.14. The topological polar surface area (TPSA) is 109 Å². The van der Waals surface area contributed by atoms with Crippen molar-refractivity contribution in [3.63, 3.8) is 0 Å². The third-order valence-corrected chi connectivity index (χ3v) is 5.43. The number of rotatable bonds is 7. The zero-order valence-corrected chi connectivity index (χ0v) is 18.0. The standard InChI is InChI=1S/C23H24N4O5/c1-3-32-21-13-19(27(29)30)18(12-20(21)31-2)23(28)25-16-9-7-15(8-10-16)22-24-14-17-6-4-5-11-26(17)22/h7-10,12-14H,3-6,11H2,1-2H3,(H,25,28). The minimum atomic E-state index is -0.610. The Morgan fingerprint density at radius 2 is 2.00 bits per heavy atom. The Morgan fingerprint density at radius 3 is 2.69 bits per heavy atom. The molecule has 0 radical (unpaired) electrons. The molecular weight excluding hydrogens is 412 g/mol. The summed E-state index contributed by atoms with van der Waals surface area (Å²) in [6.07, 6.45) is 5.27. The molecule has 1 aromatic heterocycles. The van der Waals surface area contributed by atoms with Crippen LogP contribution in [0.1, 0.15) is 35.8 Å². The molecule has 0 spiro atoms. The van der Waals surface area contributed by atoms with E-state index < -0.39 is 10.8 Å². The second kappa shape index (κ2) is 9.09. The molecule has 2 heterocycles. The van der Waals surface area contributed by atoms with Gasteiger partial charge < -0.3 is 19.4 Å². The number of nitro benzene ring substituents is 1. The van der Waals surface area contributed by atoms with E-state index >= 15 is 0 Å². The molecular formula is C23H24N4O5. The van der Waals surface area contributed by atoms with Gasteiger partial charge in [0, 0.05) is 35.8 Å². The van der Waals surface area contributed by atoms with E-state index in [1.54, 1.807) is 19.1 Å². The van der Waals surface area contributed by atoms with Crippen molar-refractivity contribution >= 4 is 17.3 Å². The summed E-state index contributed by atoms with van der Waals surface area (Å²) in [5.41, 5.74) is 2.24. The monoisotopic (exact) mass is 436 g/mol. The van der Waals surface area contributed by atoms with E-state index in [1.165, 1.54) is 31.4 Å². The van der Waals surface area contributed by atoms with Crippen molar-refractivity contribution in [1.29, 1.82) is 0 Å². The fourth-order valence-electron chi connectivity index (χ4n) is 3.88. The average molecular weight is 436 g/mol. The number of imidazole rings is 1. The van der Waals surface area contributed by atoms with E-state index in [9.17, 15) is 14.9 Å². The molecule has 0 unspecified atom stereocenters. The van der Waals surface area contributed by atoms with Gasteiger partial charge in [-0.05, 0) is 50.5 Å². The first kappa shape index (κ1) is 21.4. The number of aromatic nitrogens is 2. The summed E-state index contributed by atoms with van der Waals surface area (Å²) in [4.78, 5) is 28.3. The number of nitrogens with zero attached hydrogens (tertiary/aromatic N) is 3. The normalized spacial score (nSPS) is 12.7. The van der Waals surface area contributed by atoms with E-state index in [0.717, 1.165) is 30.8 Å². The van der Waals surface area contributed by atoms with Gasteiger partial charge in [-0.15, -0.1) is 0 Å². The fourth-order valence-corrected chi connectivity index (χ4v) is 3.88. The lowest BCUT2D eigenvalue weighted by Gasteiger charge is -2.16. The number of benzene rings is 2. The SMILES string of the molecule is CCOc1cc([N+](=O)[O-])c(C(=O)Nc2ccc(-c3ncc4n3CCCC4)cc2)cc1OC. The van der Waals surface area contributed by atoms with Crippen molar-refractivity contribution in [2.24, 2.45) is 0 Å². The molecule has 0 atom stereocenters. The van der Waals surface area contributed by atoms with Crippen LogP contribution in [0.15, 0.2) is 42.6 Å². The second-order valence-corrected chi connectivity index (χ2v) is 7.42. The molecule has 0 saturated heterocycles. The first-order chi connectivity index (χ1) is 15.5. The smallest absolute Gasteiger partial charge is 0.286 e. The van der Waals surface area contributed by atoms with Gasteiger partial charge in [0.2, 0.25) is 0 Å². The Kier molecular flexibility index (Phi) is 6.07. The molecule has 9 heteroatoms. The Morgan fingerprint density at radius 1 is 1.22 bits per heavy atom. The summed E-state index contributed by atoms with van der Waals surface area (Å²) in [7, 11) is 1.42. The average Bonchev–Trinajstić information content (AvgIpc) is 3.23. The van der Waals surface area contributed by atoms with Crippen LogP contribution < -0.4 is 14.8 Å². The summed E-state index contributed by atoms with van der Waals surface area (Å²) < 4.78 is 12.9. The van der Waals surface area contributed by atoms with Crippen molar-refractivity contribution in [2.75, 3.05) is 19.0 Å². The molecule has 0 saturated carbocycles. The summed E-state index contributed by atoms with van der Waals surface area (Å²) in [6, 6.07) is 9.82. The fraction of sp³-hybridized carbons (Fsp3) is 0.304. The maximum Gasteiger partial charge on any atom is 0.286 e. The number of aryl methyl sites for hydroxylation is 1. The quantitative estimate of drug-likeness (QED) is 0.433. The molecule has 2 aromatic carbocycles. The highest BCUT2D eigenvalue weighted by atomic mass is 16.6. The van der Waals surface area contributed by atoms with Crippen LogP contribution in [-0.4, -0.2) is 34.1 Å². The second-order valence-electron chi connectivity index (χ2n) is 7.42. The Bertz CT molecular complexity index is 1150. The van der Waals surface area contributed by atoms with Crippen LogP contribution in [0.2, 0.25) is 0 Å². The zero-order valence-electron chi connectivity index (χ0n) is 18.0. The molecule has 0 bridgehead atoms. The number of amides is 1. The van der Waals surface area contributed by atoms with E-state index in [0.29, 0.717) is 12.3 Å². The van der Waals surface area contributed by atoms with Crippen LogP contribution in [0.4, 0.5) is 11.4 Å². The highest BCUT2D eigenvalue weighted by Gasteiger charge is 2.25. The van der Waals surface area contributed by atoms with Gasteiger partial charge in [-0.2, -0.15) is 0 Å². The van der Waals surface area contributed by atoms with Crippen molar-refractivity contribution in [3.8, 4) is 22.9 Å². The molecule has 9 nitrogen and oxygen atoms in total. The summed E-state index contributed by atoms with van der Waals surface area (Å²) in [5.74, 6) is 0.765. The summed E-state index contributed by atoms with van der Waals surface area (Å²) in [5, 5.41) is 14.3. The van der Waals surface area contributed by atoms with Crippen LogP contribution in [0.5, 0.6) is 11.5 Å². The van der Waals surface area contributed by atoms with Crippen LogP contribution in [0.3, 0.4) is 0 Å². The summed E-state index contributed by atoms with van der Waals surface area (Å²) >= 11 is 0. The first-order valence-corrected chi connectivity index (χ1v) is 10.5. The van der Waals surface area contributed by atoms with Crippen molar-refractivity contribution in [2.45, 2.75) is 32.7 Å². The van der Waals surface area contributed by atoms with Crippen LogP contribution in [0.25, 0.3) is 11.4 Å². The number of ether oxygens (including phenoxy) is 2. The molecule has 0 aliphatic carbocycles. The predicted molar refractivity (Wildman–Crippen MR) is 119 cm³/mol. The minimum absolute atomic E-state index is 0.110. The number of carbonyl (C=O) groups is 1. The van der Waals surface area contributed by atoms with Crippen LogP contribution in [-0.2, 0) is 13.0 Å². The number of nitrogens with one attached hydrogen (secondary N) is 1. The number of nitro groups is 1. The number of methoxy groups -OCH3 is 1. The van der Waals surface area contributed by atoms with E-state index in [1.807, 2.05) is 18.3 Å². The summed E-state index contributed by atoms with van der Waals surface area (Å²) in [6.45, 7) is 3.02. The predicted octanol–water partition coefficient (Wildman–Crippen LogP) is 4.45. The first-order valence-electron chi connectivity index (χ1n) is 10.5. The zero-order chi connectivity index (χ0) is 22.7. The number of hydrogen-bond donors (Lipinski definition) is 1. The van der Waals surface area contributed by atoms with Crippen molar-refractivity contribution in [1.82, 2.24) is 9.55 Å². The van der Waals surface area contributed by atoms with Gasteiger partial charge in [-0.1, -0.05) is 0 Å². The van der Waals surface area contributed by atoms with E-state index in [4.69, 9.17) is 9.47 Å². The van der Waals surface area contributed by atoms with Gasteiger partial charge >= 0.3 is 0 Å². The van der Waals surface area contributed by atoms with Gasteiger partial charge in [-0.3, -0.25) is 14.9 Å². The highest BCUT2D eigenvalue weighted by Crippen LogP contribution is 2.35. The number of fused-ring (bicyclic) bond motifs is 1. The van der Waals surface area contributed by atoms with Gasteiger partial charge in [0.1, 0.15) is 11.4 Å². The number of carbonyl (C=O) groups excluding carboxylic acids is 1. The molecule has 1 aliphatic heterocycles. The molecule has 3 aromatic rings. The molecule has 4 rings (SSSR count).